The maximum Gasteiger partial charge on any atom is 0.233 e. The van der Waals surface area contributed by atoms with Crippen LogP contribution in [0.5, 0.6) is 0 Å². The van der Waals surface area contributed by atoms with E-state index in [4.69, 9.17) is 0 Å². The van der Waals surface area contributed by atoms with Crippen LogP contribution in [0.2, 0.25) is 0 Å². The quantitative estimate of drug-likeness (QED) is 0.839. The Balaban J connectivity index is 1.51. The molecule has 5 nitrogen and oxygen atoms in total. The Morgan fingerprint density at radius 1 is 1.22 bits per heavy atom. The van der Waals surface area contributed by atoms with Gasteiger partial charge in [-0.3, -0.25) is 4.79 Å². The van der Waals surface area contributed by atoms with E-state index < -0.39 is 0 Å². The van der Waals surface area contributed by atoms with E-state index in [1.165, 1.54) is 51.4 Å². The van der Waals surface area contributed by atoms with E-state index >= 15 is 0 Å². The van der Waals surface area contributed by atoms with E-state index in [0.717, 1.165) is 30.5 Å². The summed E-state index contributed by atoms with van der Waals surface area (Å²) in [6, 6.07) is 0. The van der Waals surface area contributed by atoms with Gasteiger partial charge in [0, 0.05) is 19.5 Å². The Labute approximate surface area is 143 Å². The molecule has 1 N–H and O–H groups in total. The molecule has 1 atom stereocenters. The molecule has 2 aliphatic rings. The van der Waals surface area contributed by atoms with E-state index in [-0.39, 0.29) is 11.2 Å². The molecule has 1 amide bonds. The highest BCUT2D eigenvalue weighted by Crippen LogP contribution is 2.26. The zero-order chi connectivity index (χ0) is 16.1. The minimum Gasteiger partial charge on any atom is -0.355 e. The first-order valence-electron chi connectivity index (χ1n) is 9.10. The number of fused-ring (bicyclic) bond motifs is 1. The lowest BCUT2D eigenvalue weighted by atomic mass is 9.89. The van der Waals surface area contributed by atoms with Crippen molar-refractivity contribution in [2.45, 2.75) is 81.7 Å². The Bertz CT molecular complexity index is 525. The molecular weight excluding hydrogens is 308 g/mol. The fourth-order valence-electron chi connectivity index (χ4n) is 3.54. The number of amides is 1. The van der Waals surface area contributed by atoms with Crippen LogP contribution in [0.1, 0.15) is 64.1 Å². The topological polar surface area (TPSA) is 59.8 Å². The highest BCUT2D eigenvalue weighted by Gasteiger charge is 2.22. The van der Waals surface area contributed by atoms with Crippen molar-refractivity contribution < 1.29 is 4.79 Å². The van der Waals surface area contributed by atoms with Crippen LogP contribution < -0.4 is 5.32 Å². The summed E-state index contributed by atoms with van der Waals surface area (Å²) in [6.07, 6.45) is 11.2. The van der Waals surface area contributed by atoms with Crippen LogP contribution in [0.15, 0.2) is 5.16 Å². The second-order valence-electron chi connectivity index (χ2n) is 6.87. The van der Waals surface area contributed by atoms with Gasteiger partial charge in [0.2, 0.25) is 5.91 Å². The maximum absolute atomic E-state index is 12.4. The van der Waals surface area contributed by atoms with Crippen molar-refractivity contribution in [3.8, 4) is 0 Å². The lowest BCUT2D eigenvalue weighted by molar-refractivity contribution is -0.120. The fraction of sp³-hybridized carbons (Fsp3) is 0.824. The van der Waals surface area contributed by atoms with Crippen LogP contribution in [-0.4, -0.2) is 32.5 Å². The van der Waals surface area contributed by atoms with Gasteiger partial charge in [-0.05, 0) is 38.5 Å². The molecule has 1 fully saturated rings. The molecule has 0 radical (unpaired) electrons. The van der Waals surface area contributed by atoms with Crippen molar-refractivity contribution in [2.24, 2.45) is 5.92 Å². The van der Waals surface area contributed by atoms with Crippen molar-refractivity contribution in [3.05, 3.63) is 5.82 Å². The van der Waals surface area contributed by atoms with Crippen molar-refractivity contribution in [3.63, 3.8) is 0 Å². The Kier molecular flexibility index (Phi) is 5.97. The molecule has 1 aromatic rings. The largest absolute Gasteiger partial charge is 0.355 e. The summed E-state index contributed by atoms with van der Waals surface area (Å²) in [6.45, 7) is 3.79. The summed E-state index contributed by atoms with van der Waals surface area (Å²) < 4.78 is 2.21. The smallest absolute Gasteiger partial charge is 0.233 e. The number of carbonyl (C=O) groups excluding carboxylic acids is 1. The molecule has 1 saturated carbocycles. The molecular formula is C17H28N4OS. The molecule has 1 aromatic heterocycles. The molecule has 3 rings (SSSR count). The van der Waals surface area contributed by atoms with Gasteiger partial charge in [-0.1, -0.05) is 37.4 Å². The first-order valence-corrected chi connectivity index (χ1v) is 9.98. The number of rotatable bonds is 5. The molecule has 23 heavy (non-hydrogen) atoms. The van der Waals surface area contributed by atoms with E-state index in [9.17, 15) is 4.79 Å². The predicted octanol–water partition coefficient (Wildman–Crippen LogP) is 3.18. The summed E-state index contributed by atoms with van der Waals surface area (Å²) in [5.74, 6) is 1.89. The minimum atomic E-state index is -0.116. The van der Waals surface area contributed by atoms with Gasteiger partial charge in [-0.2, -0.15) is 0 Å². The van der Waals surface area contributed by atoms with Crippen molar-refractivity contribution in [1.29, 1.82) is 0 Å². The second-order valence-corrected chi connectivity index (χ2v) is 8.18. The SMILES string of the molecule is C[C@H](Sc1nnc2n1CCCCC2)C(=O)NCC1CCCCC1. The van der Waals surface area contributed by atoms with Gasteiger partial charge in [0.1, 0.15) is 5.82 Å². The normalized spacial score (nSPS) is 20.6. The number of hydrogen-bond acceptors (Lipinski definition) is 4. The summed E-state index contributed by atoms with van der Waals surface area (Å²) in [5, 5.41) is 12.5. The molecule has 6 heteroatoms. The average Bonchev–Trinajstić information content (AvgIpc) is 2.81. The Morgan fingerprint density at radius 2 is 2.00 bits per heavy atom. The lowest BCUT2D eigenvalue weighted by Gasteiger charge is -2.22. The third-order valence-electron chi connectivity index (χ3n) is 5.02. The van der Waals surface area contributed by atoms with Gasteiger partial charge in [0.25, 0.3) is 0 Å². The summed E-state index contributed by atoms with van der Waals surface area (Å²) >= 11 is 1.55. The minimum absolute atomic E-state index is 0.116. The average molecular weight is 337 g/mol. The van der Waals surface area contributed by atoms with E-state index in [1.54, 1.807) is 11.8 Å². The van der Waals surface area contributed by atoms with Crippen LogP contribution in [0.25, 0.3) is 0 Å². The van der Waals surface area contributed by atoms with E-state index in [1.807, 2.05) is 6.92 Å². The third kappa shape index (κ3) is 4.49. The number of nitrogens with zero attached hydrogens (tertiary/aromatic N) is 3. The van der Waals surface area contributed by atoms with E-state index in [0.29, 0.717) is 5.92 Å². The molecule has 128 valence electrons. The number of nitrogens with one attached hydrogen (secondary N) is 1. The van der Waals surface area contributed by atoms with Gasteiger partial charge in [0.15, 0.2) is 5.16 Å². The van der Waals surface area contributed by atoms with Gasteiger partial charge < -0.3 is 9.88 Å². The number of aryl methyl sites for hydroxylation is 1. The summed E-state index contributed by atoms with van der Waals surface area (Å²) in [5.41, 5.74) is 0. The van der Waals surface area contributed by atoms with Crippen LogP contribution in [0, 0.1) is 5.92 Å². The van der Waals surface area contributed by atoms with E-state index in [2.05, 4.69) is 20.1 Å². The standard InChI is InChI=1S/C17H28N4OS/c1-13(16(22)18-12-14-8-4-2-5-9-14)23-17-20-19-15-10-6-3-7-11-21(15)17/h13-14H,2-12H2,1H3,(H,18,22)/t13-/m0/s1. The zero-order valence-electron chi connectivity index (χ0n) is 14.1. The van der Waals surface area contributed by atoms with Gasteiger partial charge >= 0.3 is 0 Å². The lowest BCUT2D eigenvalue weighted by Crippen LogP contribution is -2.35. The second kappa shape index (κ2) is 8.18. The van der Waals surface area contributed by atoms with Crippen LogP contribution in [0.4, 0.5) is 0 Å². The van der Waals surface area contributed by atoms with Crippen LogP contribution in [-0.2, 0) is 17.8 Å². The molecule has 0 saturated heterocycles. The van der Waals surface area contributed by atoms with Crippen molar-refractivity contribution in [2.75, 3.05) is 6.54 Å². The zero-order valence-corrected chi connectivity index (χ0v) is 14.9. The highest BCUT2D eigenvalue weighted by atomic mass is 32.2. The molecule has 1 aliphatic carbocycles. The maximum atomic E-state index is 12.4. The van der Waals surface area contributed by atoms with Gasteiger partial charge in [-0.15, -0.1) is 10.2 Å². The fourth-order valence-corrected chi connectivity index (χ4v) is 4.46. The predicted molar refractivity (Wildman–Crippen MR) is 92.5 cm³/mol. The molecule has 1 aliphatic heterocycles. The number of hydrogen-bond donors (Lipinski definition) is 1. The monoisotopic (exact) mass is 336 g/mol. The van der Waals surface area contributed by atoms with Crippen molar-refractivity contribution >= 4 is 17.7 Å². The summed E-state index contributed by atoms with van der Waals surface area (Å²) in [7, 11) is 0. The molecule has 0 unspecified atom stereocenters. The van der Waals surface area contributed by atoms with Gasteiger partial charge in [-0.25, -0.2) is 0 Å². The Hall–Kier alpha value is -1.04. The van der Waals surface area contributed by atoms with Crippen molar-refractivity contribution in [1.82, 2.24) is 20.1 Å². The van der Waals surface area contributed by atoms with Crippen LogP contribution in [0.3, 0.4) is 0 Å². The first-order chi connectivity index (χ1) is 11.2. The van der Waals surface area contributed by atoms with Gasteiger partial charge in [0.05, 0.1) is 5.25 Å². The number of aromatic nitrogens is 3. The molecule has 0 bridgehead atoms. The molecule has 0 spiro atoms. The molecule has 2 heterocycles. The summed E-state index contributed by atoms with van der Waals surface area (Å²) in [4.78, 5) is 12.4. The highest BCUT2D eigenvalue weighted by molar-refractivity contribution is 8.00. The third-order valence-corrected chi connectivity index (χ3v) is 6.10. The first kappa shape index (κ1) is 16.8. The Morgan fingerprint density at radius 3 is 2.83 bits per heavy atom. The van der Waals surface area contributed by atoms with Crippen LogP contribution >= 0.6 is 11.8 Å². The number of thioether (sulfide) groups is 1. The molecule has 0 aromatic carbocycles. The number of carbonyl (C=O) groups is 1.